The second kappa shape index (κ2) is 4.26. The van der Waals surface area contributed by atoms with Gasteiger partial charge in [-0.2, -0.15) is 5.10 Å². The van der Waals surface area contributed by atoms with Crippen LogP contribution in [0.3, 0.4) is 0 Å². The van der Waals surface area contributed by atoms with E-state index in [2.05, 4.69) is 18.9 Å². The highest BCUT2D eigenvalue weighted by molar-refractivity contribution is 5.14. The Kier molecular flexibility index (Phi) is 3.29. The fraction of sp³-hybridized carbons (Fsp3) is 0.667. The zero-order chi connectivity index (χ0) is 8.97. The molecule has 0 aliphatic carbocycles. The first-order chi connectivity index (χ1) is 5.77. The zero-order valence-electron chi connectivity index (χ0n) is 7.75. The standard InChI is InChI=1S/C9H16N2O/c1-3-9-8(2)7-11(10-9)5-4-6-12/h7,12H,3-6H2,1-2H3. The van der Waals surface area contributed by atoms with Gasteiger partial charge < -0.3 is 5.11 Å². The Labute approximate surface area is 73.0 Å². The lowest BCUT2D eigenvalue weighted by Gasteiger charge is -1.96. The van der Waals surface area contributed by atoms with Gasteiger partial charge in [0.25, 0.3) is 0 Å². The summed E-state index contributed by atoms with van der Waals surface area (Å²) in [6, 6.07) is 0. The predicted molar refractivity (Wildman–Crippen MR) is 48.0 cm³/mol. The van der Waals surface area contributed by atoms with E-state index in [0.29, 0.717) is 0 Å². The third-order valence-electron chi connectivity index (χ3n) is 1.93. The topological polar surface area (TPSA) is 38.0 Å². The fourth-order valence-corrected chi connectivity index (χ4v) is 1.26. The summed E-state index contributed by atoms with van der Waals surface area (Å²) < 4.78 is 1.91. The van der Waals surface area contributed by atoms with E-state index in [4.69, 9.17) is 5.11 Å². The molecule has 0 fully saturated rings. The molecule has 0 aliphatic rings. The van der Waals surface area contributed by atoms with Crippen LogP contribution in [0.15, 0.2) is 6.20 Å². The molecule has 1 N–H and O–H groups in total. The lowest BCUT2D eigenvalue weighted by Crippen LogP contribution is -2.00. The van der Waals surface area contributed by atoms with Crippen molar-refractivity contribution in [3.05, 3.63) is 17.5 Å². The van der Waals surface area contributed by atoms with Crippen molar-refractivity contribution >= 4 is 0 Å². The molecule has 68 valence electrons. The summed E-state index contributed by atoms with van der Waals surface area (Å²) >= 11 is 0. The van der Waals surface area contributed by atoms with Crippen molar-refractivity contribution in [2.24, 2.45) is 0 Å². The number of aliphatic hydroxyl groups excluding tert-OH is 1. The molecule has 1 heterocycles. The van der Waals surface area contributed by atoms with Crippen LogP contribution in [0, 0.1) is 6.92 Å². The van der Waals surface area contributed by atoms with E-state index < -0.39 is 0 Å². The average molecular weight is 168 g/mol. The number of rotatable bonds is 4. The zero-order valence-corrected chi connectivity index (χ0v) is 7.75. The molecule has 0 aliphatic heterocycles. The molecule has 1 aromatic rings. The summed E-state index contributed by atoms with van der Waals surface area (Å²) in [5.41, 5.74) is 2.41. The van der Waals surface area contributed by atoms with Crippen LogP contribution in [0.1, 0.15) is 24.6 Å². The first-order valence-electron chi connectivity index (χ1n) is 4.41. The maximum absolute atomic E-state index is 8.62. The Bertz CT molecular complexity index is 243. The molecule has 0 bridgehead atoms. The van der Waals surface area contributed by atoms with Gasteiger partial charge in [-0.05, 0) is 25.3 Å². The third-order valence-corrected chi connectivity index (χ3v) is 1.93. The average Bonchev–Trinajstić information content (AvgIpc) is 2.43. The molecule has 0 radical (unpaired) electrons. The Morgan fingerprint density at radius 1 is 1.58 bits per heavy atom. The van der Waals surface area contributed by atoms with Gasteiger partial charge in [0.15, 0.2) is 0 Å². The Hall–Kier alpha value is -0.830. The van der Waals surface area contributed by atoms with E-state index in [0.717, 1.165) is 25.1 Å². The summed E-state index contributed by atoms with van der Waals surface area (Å²) in [5, 5.41) is 13.0. The first kappa shape index (κ1) is 9.26. The summed E-state index contributed by atoms with van der Waals surface area (Å²) in [4.78, 5) is 0. The molecule has 1 aromatic heterocycles. The van der Waals surface area contributed by atoms with E-state index in [1.54, 1.807) is 0 Å². The summed E-state index contributed by atoms with van der Waals surface area (Å²) in [6.07, 6.45) is 3.80. The number of aliphatic hydroxyl groups is 1. The van der Waals surface area contributed by atoms with Crippen LogP contribution in [0.5, 0.6) is 0 Å². The van der Waals surface area contributed by atoms with Gasteiger partial charge in [-0.1, -0.05) is 6.92 Å². The van der Waals surface area contributed by atoms with E-state index in [1.165, 1.54) is 5.56 Å². The van der Waals surface area contributed by atoms with Gasteiger partial charge in [0, 0.05) is 19.3 Å². The molecule has 0 saturated carbocycles. The van der Waals surface area contributed by atoms with Gasteiger partial charge in [-0.25, -0.2) is 0 Å². The van der Waals surface area contributed by atoms with Crippen molar-refractivity contribution in [3.63, 3.8) is 0 Å². The smallest absolute Gasteiger partial charge is 0.0650 e. The maximum atomic E-state index is 8.62. The van der Waals surface area contributed by atoms with E-state index >= 15 is 0 Å². The molecule has 3 heteroatoms. The van der Waals surface area contributed by atoms with Gasteiger partial charge >= 0.3 is 0 Å². The molecule has 12 heavy (non-hydrogen) atoms. The molecular weight excluding hydrogens is 152 g/mol. The molecule has 0 atom stereocenters. The second-order valence-corrected chi connectivity index (χ2v) is 2.95. The summed E-state index contributed by atoms with van der Waals surface area (Å²) in [5.74, 6) is 0. The predicted octanol–water partition coefficient (Wildman–Crippen LogP) is 1.14. The van der Waals surface area contributed by atoms with Crippen molar-refractivity contribution in [2.75, 3.05) is 6.61 Å². The number of hydrogen-bond acceptors (Lipinski definition) is 2. The van der Waals surface area contributed by atoms with E-state index in [9.17, 15) is 0 Å². The third kappa shape index (κ3) is 2.08. The molecule has 1 rings (SSSR count). The minimum atomic E-state index is 0.236. The fourth-order valence-electron chi connectivity index (χ4n) is 1.26. The van der Waals surface area contributed by atoms with Gasteiger partial charge in [0.05, 0.1) is 5.69 Å². The Morgan fingerprint density at radius 3 is 2.83 bits per heavy atom. The van der Waals surface area contributed by atoms with Gasteiger partial charge in [-0.3, -0.25) is 4.68 Å². The highest BCUT2D eigenvalue weighted by atomic mass is 16.3. The van der Waals surface area contributed by atoms with Crippen molar-refractivity contribution in [2.45, 2.75) is 33.2 Å². The van der Waals surface area contributed by atoms with Gasteiger partial charge in [0.1, 0.15) is 0 Å². The first-order valence-corrected chi connectivity index (χ1v) is 4.41. The SMILES string of the molecule is CCc1nn(CCCO)cc1C. The lowest BCUT2D eigenvalue weighted by atomic mass is 10.2. The number of aryl methyl sites for hydroxylation is 3. The molecule has 0 spiro atoms. The van der Waals surface area contributed by atoms with Crippen molar-refractivity contribution in [3.8, 4) is 0 Å². The van der Waals surface area contributed by atoms with Crippen LogP contribution in [-0.4, -0.2) is 21.5 Å². The molecule has 0 saturated heterocycles. The van der Waals surface area contributed by atoms with Gasteiger partial charge in [-0.15, -0.1) is 0 Å². The maximum Gasteiger partial charge on any atom is 0.0650 e. The summed E-state index contributed by atoms with van der Waals surface area (Å²) in [6.45, 7) is 5.23. The number of aromatic nitrogens is 2. The van der Waals surface area contributed by atoms with Crippen LogP contribution in [0.2, 0.25) is 0 Å². The van der Waals surface area contributed by atoms with E-state index in [1.807, 2.05) is 10.9 Å². The molecular formula is C9H16N2O. The second-order valence-electron chi connectivity index (χ2n) is 2.95. The normalized spacial score (nSPS) is 10.6. The molecule has 3 nitrogen and oxygen atoms in total. The summed E-state index contributed by atoms with van der Waals surface area (Å²) in [7, 11) is 0. The van der Waals surface area contributed by atoms with Crippen molar-refractivity contribution in [1.82, 2.24) is 9.78 Å². The van der Waals surface area contributed by atoms with Gasteiger partial charge in [0.2, 0.25) is 0 Å². The Morgan fingerprint density at radius 2 is 2.33 bits per heavy atom. The highest BCUT2D eigenvalue weighted by Gasteiger charge is 2.01. The van der Waals surface area contributed by atoms with E-state index in [-0.39, 0.29) is 6.61 Å². The quantitative estimate of drug-likeness (QED) is 0.732. The molecule has 0 aromatic carbocycles. The van der Waals surface area contributed by atoms with Crippen molar-refractivity contribution < 1.29 is 5.11 Å². The Balaban J connectivity index is 2.62. The van der Waals surface area contributed by atoms with Crippen LogP contribution in [-0.2, 0) is 13.0 Å². The van der Waals surface area contributed by atoms with Crippen LogP contribution < -0.4 is 0 Å². The number of nitrogens with zero attached hydrogens (tertiary/aromatic N) is 2. The van der Waals surface area contributed by atoms with Crippen LogP contribution >= 0.6 is 0 Å². The van der Waals surface area contributed by atoms with Crippen LogP contribution in [0.25, 0.3) is 0 Å². The minimum Gasteiger partial charge on any atom is -0.396 e. The minimum absolute atomic E-state index is 0.236. The van der Waals surface area contributed by atoms with Crippen molar-refractivity contribution in [1.29, 1.82) is 0 Å². The molecule has 0 unspecified atom stereocenters. The number of hydrogen-bond donors (Lipinski definition) is 1. The van der Waals surface area contributed by atoms with Crippen LogP contribution in [0.4, 0.5) is 0 Å². The monoisotopic (exact) mass is 168 g/mol. The molecule has 0 amide bonds. The highest BCUT2D eigenvalue weighted by Crippen LogP contribution is 2.05. The lowest BCUT2D eigenvalue weighted by molar-refractivity contribution is 0.277. The largest absolute Gasteiger partial charge is 0.396 e.